The van der Waals surface area contributed by atoms with E-state index in [0.29, 0.717) is 26.5 Å². The minimum Gasteiger partial charge on any atom is -0.271 e. The van der Waals surface area contributed by atoms with Crippen LogP contribution in [0.1, 0.15) is 17.2 Å². The maximum atomic E-state index is 6.02. The molecular weight excluding hydrogens is 338 g/mol. The van der Waals surface area contributed by atoms with Crippen LogP contribution in [-0.2, 0) is 6.42 Å². The smallest absolute Gasteiger partial charge is 0.0595 e. The lowest BCUT2D eigenvalue weighted by atomic mass is 9.99. The number of rotatable bonds is 4. The number of nitrogens with one attached hydrogen (secondary N) is 1. The largest absolute Gasteiger partial charge is 0.271 e. The monoisotopic (exact) mass is 348 g/mol. The van der Waals surface area contributed by atoms with Gasteiger partial charge in [0.2, 0.25) is 0 Å². The topological polar surface area (TPSA) is 38.0 Å². The first-order valence-corrected chi connectivity index (χ1v) is 7.37. The van der Waals surface area contributed by atoms with Gasteiger partial charge in [0.05, 0.1) is 26.1 Å². The number of hydrogen-bond acceptors (Lipinski definition) is 2. The van der Waals surface area contributed by atoms with E-state index < -0.39 is 0 Å². The first kappa shape index (κ1) is 15.9. The molecule has 2 rings (SSSR count). The van der Waals surface area contributed by atoms with Crippen LogP contribution >= 0.6 is 46.4 Å². The van der Waals surface area contributed by atoms with Crippen LogP contribution in [0.15, 0.2) is 36.4 Å². The Bertz CT molecular complexity index is 616. The van der Waals surface area contributed by atoms with Crippen molar-refractivity contribution in [1.29, 1.82) is 0 Å². The lowest BCUT2D eigenvalue weighted by Crippen LogP contribution is -2.29. The predicted octanol–water partition coefficient (Wildman–Crippen LogP) is 5.05. The molecule has 2 aromatic rings. The summed E-state index contributed by atoms with van der Waals surface area (Å²) in [4.78, 5) is 0. The molecule has 2 aromatic carbocycles. The van der Waals surface area contributed by atoms with Gasteiger partial charge >= 0.3 is 0 Å². The third kappa shape index (κ3) is 3.79. The van der Waals surface area contributed by atoms with Gasteiger partial charge in [0.25, 0.3) is 0 Å². The SMILES string of the molecule is NNC(Cc1ccc(Cl)c(Cl)c1)c1ccc(Cl)c(Cl)c1. The Hall–Kier alpha value is -0.480. The summed E-state index contributed by atoms with van der Waals surface area (Å²) in [5, 5.41) is 2.07. The number of hydrogen-bond donors (Lipinski definition) is 2. The number of hydrazine groups is 1. The molecule has 0 aliphatic carbocycles. The molecule has 0 radical (unpaired) electrons. The van der Waals surface area contributed by atoms with Crippen molar-refractivity contribution in [3.05, 3.63) is 67.6 Å². The maximum absolute atomic E-state index is 6.02. The molecule has 0 aromatic heterocycles. The molecule has 0 aliphatic rings. The van der Waals surface area contributed by atoms with E-state index in [1.165, 1.54) is 0 Å². The summed E-state index contributed by atoms with van der Waals surface area (Å²) in [7, 11) is 0. The van der Waals surface area contributed by atoms with Gasteiger partial charge in [-0.1, -0.05) is 58.5 Å². The van der Waals surface area contributed by atoms with Crippen LogP contribution in [0.5, 0.6) is 0 Å². The molecular formula is C14H12Cl4N2. The summed E-state index contributed by atoms with van der Waals surface area (Å²) in [6.07, 6.45) is 0.658. The quantitative estimate of drug-likeness (QED) is 0.598. The van der Waals surface area contributed by atoms with Crippen molar-refractivity contribution in [1.82, 2.24) is 5.43 Å². The fraction of sp³-hybridized carbons (Fsp3) is 0.143. The highest BCUT2D eigenvalue weighted by atomic mass is 35.5. The van der Waals surface area contributed by atoms with Gasteiger partial charge in [-0.25, -0.2) is 0 Å². The molecule has 3 N–H and O–H groups in total. The average Bonchev–Trinajstić information content (AvgIpc) is 2.43. The second kappa shape index (κ2) is 6.99. The van der Waals surface area contributed by atoms with Crippen LogP contribution in [0.2, 0.25) is 20.1 Å². The third-order valence-corrected chi connectivity index (χ3v) is 4.45. The van der Waals surface area contributed by atoms with E-state index >= 15 is 0 Å². The molecule has 0 fully saturated rings. The summed E-state index contributed by atoms with van der Waals surface area (Å²) in [6, 6.07) is 10.8. The Labute approximate surface area is 137 Å². The van der Waals surface area contributed by atoms with Crippen molar-refractivity contribution >= 4 is 46.4 Å². The van der Waals surface area contributed by atoms with E-state index in [-0.39, 0.29) is 6.04 Å². The average molecular weight is 350 g/mol. The van der Waals surface area contributed by atoms with Crippen LogP contribution in [-0.4, -0.2) is 0 Å². The van der Waals surface area contributed by atoms with E-state index in [1.807, 2.05) is 18.2 Å². The Morgan fingerprint density at radius 3 is 2.00 bits per heavy atom. The molecule has 106 valence electrons. The summed E-state index contributed by atoms with van der Waals surface area (Å²) in [5.41, 5.74) is 4.74. The summed E-state index contributed by atoms with van der Waals surface area (Å²) in [6.45, 7) is 0. The Morgan fingerprint density at radius 1 is 0.850 bits per heavy atom. The fourth-order valence-corrected chi connectivity index (χ4v) is 2.53. The minimum absolute atomic E-state index is 0.0954. The highest BCUT2D eigenvalue weighted by molar-refractivity contribution is 6.42. The van der Waals surface area contributed by atoms with Gasteiger partial charge in [-0.2, -0.15) is 0 Å². The van der Waals surface area contributed by atoms with Crippen molar-refractivity contribution in [3.8, 4) is 0 Å². The zero-order valence-corrected chi connectivity index (χ0v) is 13.4. The zero-order chi connectivity index (χ0) is 14.7. The van der Waals surface area contributed by atoms with Crippen molar-refractivity contribution in [2.45, 2.75) is 12.5 Å². The number of nitrogens with two attached hydrogens (primary N) is 1. The summed E-state index contributed by atoms with van der Waals surface area (Å²) in [5.74, 6) is 5.62. The molecule has 20 heavy (non-hydrogen) atoms. The highest BCUT2D eigenvalue weighted by Crippen LogP contribution is 2.28. The van der Waals surface area contributed by atoms with Gasteiger partial charge in [0.15, 0.2) is 0 Å². The molecule has 0 bridgehead atoms. The van der Waals surface area contributed by atoms with Crippen LogP contribution in [0.4, 0.5) is 0 Å². The van der Waals surface area contributed by atoms with Gasteiger partial charge in [-0.3, -0.25) is 11.3 Å². The molecule has 0 spiro atoms. The molecule has 0 heterocycles. The predicted molar refractivity (Wildman–Crippen MR) is 86.7 cm³/mol. The summed E-state index contributed by atoms with van der Waals surface area (Å²) < 4.78 is 0. The lowest BCUT2D eigenvalue weighted by molar-refractivity contribution is 0.552. The normalized spacial score (nSPS) is 12.4. The second-order valence-electron chi connectivity index (χ2n) is 4.35. The molecule has 0 saturated carbocycles. The molecule has 0 amide bonds. The fourth-order valence-electron chi connectivity index (χ4n) is 1.90. The van der Waals surface area contributed by atoms with Crippen molar-refractivity contribution < 1.29 is 0 Å². The van der Waals surface area contributed by atoms with Crippen molar-refractivity contribution in [2.24, 2.45) is 5.84 Å². The maximum Gasteiger partial charge on any atom is 0.0595 e. The van der Waals surface area contributed by atoms with Crippen LogP contribution < -0.4 is 11.3 Å². The minimum atomic E-state index is -0.0954. The Kier molecular flexibility index (Phi) is 5.56. The van der Waals surface area contributed by atoms with E-state index in [4.69, 9.17) is 52.2 Å². The van der Waals surface area contributed by atoms with Crippen molar-refractivity contribution in [2.75, 3.05) is 0 Å². The zero-order valence-electron chi connectivity index (χ0n) is 10.3. The van der Waals surface area contributed by atoms with Crippen molar-refractivity contribution in [3.63, 3.8) is 0 Å². The van der Waals surface area contributed by atoms with Crippen LogP contribution in [0.25, 0.3) is 0 Å². The number of benzene rings is 2. The van der Waals surface area contributed by atoms with Gasteiger partial charge in [0.1, 0.15) is 0 Å². The van der Waals surface area contributed by atoms with E-state index in [1.54, 1.807) is 18.2 Å². The number of halogens is 4. The first-order valence-electron chi connectivity index (χ1n) is 5.86. The first-order chi connectivity index (χ1) is 9.51. The summed E-state index contributed by atoms with van der Waals surface area (Å²) >= 11 is 23.8. The van der Waals surface area contributed by atoms with Gasteiger partial charge in [-0.15, -0.1) is 0 Å². The molecule has 0 saturated heterocycles. The van der Waals surface area contributed by atoms with Crippen LogP contribution in [0.3, 0.4) is 0 Å². The van der Waals surface area contributed by atoms with E-state index in [9.17, 15) is 0 Å². The van der Waals surface area contributed by atoms with E-state index in [2.05, 4.69) is 5.43 Å². The van der Waals surface area contributed by atoms with E-state index in [0.717, 1.165) is 11.1 Å². The van der Waals surface area contributed by atoms with Crippen LogP contribution in [0, 0.1) is 0 Å². The molecule has 6 heteroatoms. The molecule has 2 nitrogen and oxygen atoms in total. The molecule has 1 unspecified atom stereocenters. The van der Waals surface area contributed by atoms with Gasteiger partial charge < -0.3 is 0 Å². The standard InChI is InChI=1S/C14H12Cl4N2/c15-10-3-1-8(5-12(10)17)6-14(20-19)9-2-4-11(16)13(18)7-9/h1-5,7,14,20H,6,19H2. The lowest BCUT2D eigenvalue weighted by Gasteiger charge is -2.17. The van der Waals surface area contributed by atoms with Gasteiger partial charge in [-0.05, 0) is 41.8 Å². The van der Waals surface area contributed by atoms with Gasteiger partial charge in [0, 0.05) is 0 Å². The molecule has 0 aliphatic heterocycles. The third-order valence-electron chi connectivity index (χ3n) is 2.97. The second-order valence-corrected chi connectivity index (χ2v) is 5.97. The highest BCUT2D eigenvalue weighted by Gasteiger charge is 2.13. The Morgan fingerprint density at radius 2 is 1.45 bits per heavy atom. The molecule has 1 atom stereocenters. The Balaban J connectivity index is 2.23.